The summed E-state index contributed by atoms with van der Waals surface area (Å²) in [5.41, 5.74) is 2.22. The molecule has 0 saturated carbocycles. The van der Waals surface area contributed by atoms with E-state index in [1.165, 1.54) is 0 Å². The number of carbonyl (C=O) groups excluding carboxylic acids is 2. The zero-order valence-corrected chi connectivity index (χ0v) is 24.2. The van der Waals surface area contributed by atoms with Gasteiger partial charge in [-0.25, -0.2) is 0 Å². The van der Waals surface area contributed by atoms with Crippen LogP contribution in [0, 0.1) is 0 Å². The smallest absolute Gasteiger partial charge is 0.295 e. The van der Waals surface area contributed by atoms with Crippen molar-refractivity contribution < 1.29 is 33.6 Å². The second-order valence-electron chi connectivity index (χ2n) is 10.7. The minimum absolute atomic E-state index is 0.0462. The van der Waals surface area contributed by atoms with E-state index in [1.54, 1.807) is 11.0 Å². The molecule has 1 amide bonds. The molecule has 1 N–H and O–H groups in total. The van der Waals surface area contributed by atoms with E-state index in [0.29, 0.717) is 68.4 Å². The predicted octanol–water partition coefficient (Wildman–Crippen LogP) is 4.34. The van der Waals surface area contributed by atoms with Crippen LogP contribution in [0.2, 0.25) is 0 Å². The van der Waals surface area contributed by atoms with Crippen LogP contribution in [-0.2, 0) is 20.7 Å². The number of aliphatic hydroxyl groups is 1. The molecular formula is C32H40N2O7. The number of hydrogen-bond acceptors (Lipinski definition) is 8. The summed E-state index contributed by atoms with van der Waals surface area (Å²) in [4.78, 5) is 30.9. The second kappa shape index (κ2) is 13.0. The summed E-state index contributed by atoms with van der Waals surface area (Å²) in [7, 11) is 0. The van der Waals surface area contributed by atoms with E-state index in [9.17, 15) is 14.7 Å². The molecule has 9 nitrogen and oxygen atoms in total. The lowest BCUT2D eigenvalue weighted by molar-refractivity contribution is -0.140. The number of amides is 1. The average molecular weight is 565 g/mol. The number of carbonyl (C=O) groups is 2. The number of ketones is 1. The summed E-state index contributed by atoms with van der Waals surface area (Å²) >= 11 is 0. The Labute approximate surface area is 241 Å². The normalized spacial score (nSPS) is 22.1. The highest BCUT2D eigenvalue weighted by atomic mass is 16.5. The van der Waals surface area contributed by atoms with Gasteiger partial charge in [-0.3, -0.25) is 14.5 Å². The van der Waals surface area contributed by atoms with Crippen LogP contribution in [-0.4, -0.2) is 85.3 Å². The third-order valence-corrected chi connectivity index (χ3v) is 7.73. The molecule has 3 aliphatic heterocycles. The molecular weight excluding hydrogens is 524 g/mol. The van der Waals surface area contributed by atoms with Crippen molar-refractivity contribution >= 4 is 17.4 Å². The third-order valence-electron chi connectivity index (χ3n) is 7.73. The molecule has 2 aromatic rings. The largest absolute Gasteiger partial charge is 0.507 e. The van der Waals surface area contributed by atoms with Gasteiger partial charge in [-0.2, -0.15) is 0 Å². The minimum atomic E-state index is -0.762. The first kappa shape index (κ1) is 29.0. The number of rotatable bonds is 11. The fourth-order valence-corrected chi connectivity index (χ4v) is 5.77. The van der Waals surface area contributed by atoms with Gasteiger partial charge in [0.05, 0.1) is 38.0 Å². The van der Waals surface area contributed by atoms with Crippen molar-refractivity contribution in [2.24, 2.45) is 0 Å². The summed E-state index contributed by atoms with van der Waals surface area (Å²) in [6.45, 7) is 11.1. The van der Waals surface area contributed by atoms with Crippen LogP contribution >= 0.6 is 0 Å². The molecule has 3 aliphatic rings. The number of ether oxygens (including phenoxy) is 4. The van der Waals surface area contributed by atoms with Crippen molar-refractivity contribution in [1.29, 1.82) is 0 Å². The highest BCUT2D eigenvalue weighted by molar-refractivity contribution is 6.46. The van der Waals surface area contributed by atoms with E-state index in [-0.39, 0.29) is 17.4 Å². The highest BCUT2D eigenvalue weighted by Crippen LogP contribution is 2.43. The van der Waals surface area contributed by atoms with Crippen LogP contribution in [0.1, 0.15) is 56.3 Å². The Bertz CT molecular complexity index is 1300. The first-order valence-corrected chi connectivity index (χ1v) is 14.7. The fraction of sp³-hybridized carbons (Fsp3) is 0.500. The van der Waals surface area contributed by atoms with Gasteiger partial charge in [-0.1, -0.05) is 13.0 Å². The summed E-state index contributed by atoms with van der Waals surface area (Å²) in [6.07, 6.45) is 2.30. The second-order valence-corrected chi connectivity index (χ2v) is 10.7. The monoisotopic (exact) mass is 564 g/mol. The Hall–Kier alpha value is -3.56. The number of hydrogen-bond donors (Lipinski definition) is 1. The van der Waals surface area contributed by atoms with Gasteiger partial charge in [0.15, 0.2) is 11.5 Å². The van der Waals surface area contributed by atoms with E-state index in [0.717, 1.165) is 37.4 Å². The van der Waals surface area contributed by atoms with Gasteiger partial charge in [0.2, 0.25) is 0 Å². The van der Waals surface area contributed by atoms with Gasteiger partial charge in [0, 0.05) is 38.2 Å². The lowest BCUT2D eigenvalue weighted by Gasteiger charge is -2.29. The number of Topliss-reactive ketones (excluding diaryl/α,β-unsaturated/α-hetero) is 1. The lowest BCUT2D eigenvalue weighted by atomic mass is 9.94. The van der Waals surface area contributed by atoms with E-state index in [2.05, 4.69) is 4.90 Å². The van der Waals surface area contributed by atoms with E-state index in [1.807, 2.05) is 51.1 Å². The number of likely N-dealkylation sites (tertiary alicyclic amines) is 1. The number of nitrogens with zero attached hydrogens (tertiary/aromatic N) is 2. The topological polar surface area (TPSA) is 97.8 Å². The number of aliphatic hydroxyl groups excluding tert-OH is 1. The van der Waals surface area contributed by atoms with Gasteiger partial charge < -0.3 is 29.0 Å². The molecule has 41 heavy (non-hydrogen) atoms. The Balaban J connectivity index is 1.52. The first-order chi connectivity index (χ1) is 19.9. The van der Waals surface area contributed by atoms with Crippen molar-refractivity contribution in [2.75, 3.05) is 52.6 Å². The molecule has 3 heterocycles. The molecule has 0 aliphatic carbocycles. The molecule has 5 rings (SSSR count). The molecule has 0 bridgehead atoms. The molecule has 0 spiro atoms. The van der Waals surface area contributed by atoms with Crippen LogP contribution < -0.4 is 14.2 Å². The van der Waals surface area contributed by atoms with Crippen LogP contribution in [0.15, 0.2) is 42.0 Å². The number of morpholine rings is 1. The fourth-order valence-electron chi connectivity index (χ4n) is 5.77. The molecule has 9 heteroatoms. The summed E-state index contributed by atoms with van der Waals surface area (Å²) < 4.78 is 23.1. The molecule has 0 unspecified atom stereocenters. The Morgan fingerprint density at radius 2 is 1.83 bits per heavy atom. The predicted molar refractivity (Wildman–Crippen MR) is 155 cm³/mol. The van der Waals surface area contributed by atoms with Crippen molar-refractivity contribution in [1.82, 2.24) is 9.80 Å². The molecule has 220 valence electrons. The molecule has 0 aromatic heterocycles. The summed E-state index contributed by atoms with van der Waals surface area (Å²) in [6, 6.07) is 10.1. The first-order valence-electron chi connectivity index (χ1n) is 14.7. The highest BCUT2D eigenvalue weighted by Gasteiger charge is 2.46. The number of benzene rings is 2. The van der Waals surface area contributed by atoms with Crippen LogP contribution in [0.5, 0.6) is 17.2 Å². The standard InChI is InChI=1S/C32H40N2O7/c1-4-15-40-26-10-7-22(20-27(26)39-5-2)29-28(30(35)23-8-9-25-24(19-23)18-21(3)41-25)31(36)32(37)34(29)12-6-11-33-13-16-38-17-14-33/h7-10,19-21,29,35H,4-6,11-18H2,1-3H3/b30-28+/t21-,29+/m0/s1. The third kappa shape index (κ3) is 6.21. The maximum atomic E-state index is 13.6. The quantitative estimate of drug-likeness (QED) is 0.245. The zero-order chi connectivity index (χ0) is 28.9. The van der Waals surface area contributed by atoms with Crippen molar-refractivity contribution in [2.45, 2.75) is 52.2 Å². The van der Waals surface area contributed by atoms with Crippen molar-refractivity contribution in [3.63, 3.8) is 0 Å². The summed E-state index contributed by atoms with van der Waals surface area (Å²) in [5.74, 6) is 0.443. The lowest BCUT2D eigenvalue weighted by Crippen LogP contribution is -2.39. The van der Waals surface area contributed by atoms with E-state index >= 15 is 0 Å². The maximum Gasteiger partial charge on any atom is 0.295 e. The molecule has 0 radical (unpaired) electrons. The maximum absolute atomic E-state index is 13.6. The van der Waals surface area contributed by atoms with Gasteiger partial charge in [0.1, 0.15) is 17.6 Å². The minimum Gasteiger partial charge on any atom is -0.507 e. The summed E-state index contributed by atoms with van der Waals surface area (Å²) in [5, 5.41) is 11.6. The zero-order valence-electron chi connectivity index (χ0n) is 24.2. The van der Waals surface area contributed by atoms with E-state index in [4.69, 9.17) is 18.9 Å². The molecule has 2 atom stereocenters. The van der Waals surface area contributed by atoms with Crippen molar-refractivity contribution in [3.05, 3.63) is 58.7 Å². The number of fused-ring (bicyclic) bond motifs is 1. The van der Waals surface area contributed by atoms with Gasteiger partial charge in [-0.05, 0) is 68.1 Å². The Morgan fingerprint density at radius 1 is 1.02 bits per heavy atom. The molecule has 2 fully saturated rings. The van der Waals surface area contributed by atoms with Crippen molar-refractivity contribution in [3.8, 4) is 17.2 Å². The Morgan fingerprint density at radius 3 is 2.59 bits per heavy atom. The van der Waals surface area contributed by atoms with Gasteiger partial charge in [-0.15, -0.1) is 0 Å². The SMILES string of the molecule is CCCOc1ccc([C@@H]2/C(=C(\O)c3ccc4c(c3)C[C@H](C)O4)C(=O)C(=O)N2CCCN2CCOCC2)cc1OCC. The van der Waals surface area contributed by atoms with Gasteiger partial charge in [0.25, 0.3) is 11.7 Å². The molecule has 2 saturated heterocycles. The molecule has 2 aromatic carbocycles. The van der Waals surface area contributed by atoms with Crippen LogP contribution in [0.25, 0.3) is 5.76 Å². The Kier molecular flexibility index (Phi) is 9.15. The average Bonchev–Trinajstić information content (AvgIpc) is 3.48. The van der Waals surface area contributed by atoms with Gasteiger partial charge >= 0.3 is 0 Å². The van der Waals surface area contributed by atoms with Crippen LogP contribution in [0.3, 0.4) is 0 Å². The van der Waals surface area contributed by atoms with E-state index < -0.39 is 17.7 Å². The van der Waals surface area contributed by atoms with Crippen LogP contribution in [0.4, 0.5) is 0 Å².